The van der Waals surface area contributed by atoms with Crippen molar-refractivity contribution in [2.75, 3.05) is 50.1 Å². The summed E-state index contributed by atoms with van der Waals surface area (Å²) < 4.78 is 0. The number of rotatable bonds is 3. The van der Waals surface area contributed by atoms with E-state index in [2.05, 4.69) is 16.8 Å². The van der Waals surface area contributed by atoms with Gasteiger partial charge in [0.15, 0.2) is 0 Å². The zero-order chi connectivity index (χ0) is 15.6. The Morgan fingerprint density at radius 3 is 2.43 bits per heavy atom. The minimum absolute atomic E-state index is 0.00372. The monoisotopic (exact) mass is 292 g/mol. The molecule has 0 spiro atoms. The van der Waals surface area contributed by atoms with Gasteiger partial charge in [0.05, 0.1) is 16.3 Å². The highest BCUT2D eigenvalue weighted by atomic mass is 16.6. The molecular formula is C14H20N4O3. The topological polar surface area (TPSA) is 69.9 Å². The van der Waals surface area contributed by atoms with Gasteiger partial charge in [0.2, 0.25) is 5.91 Å². The van der Waals surface area contributed by atoms with Crippen LogP contribution in [0.25, 0.3) is 0 Å². The molecule has 1 saturated heterocycles. The molecule has 1 fully saturated rings. The minimum atomic E-state index is -0.439. The lowest BCUT2D eigenvalue weighted by Gasteiger charge is -2.36. The van der Waals surface area contributed by atoms with Crippen LogP contribution in [0.1, 0.15) is 6.92 Å². The summed E-state index contributed by atoms with van der Waals surface area (Å²) in [7, 11) is 3.71. The molecule has 0 radical (unpaired) electrons. The van der Waals surface area contributed by atoms with Gasteiger partial charge in [-0.2, -0.15) is 0 Å². The fourth-order valence-corrected chi connectivity index (χ4v) is 2.38. The normalized spacial score (nSPS) is 15.9. The molecule has 7 nitrogen and oxygen atoms in total. The molecule has 1 aliphatic rings. The van der Waals surface area contributed by atoms with Crippen LogP contribution in [0.2, 0.25) is 0 Å². The quantitative estimate of drug-likeness (QED) is 0.621. The molecule has 1 aliphatic heterocycles. The molecule has 1 amide bonds. The van der Waals surface area contributed by atoms with Gasteiger partial charge >= 0.3 is 0 Å². The average molecular weight is 292 g/mol. The molecule has 0 N–H and O–H groups in total. The SMILES string of the molecule is CC(=O)N(C)c1cc([N+](=O)[O-])ccc1N1CCN(C)CC1. The zero-order valence-electron chi connectivity index (χ0n) is 12.6. The lowest BCUT2D eigenvalue weighted by Crippen LogP contribution is -2.45. The van der Waals surface area contributed by atoms with Crippen molar-refractivity contribution in [2.45, 2.75) is 6.92 Å². The number of non-ortho nitro benzene ring substituents is 1. The first-order chi connectivity index (χ1) is 9.90. The van der Waals surface area contributed by atoms with Crippen molar-refractivity contribution < 1.29 is 9.72 Å². The predicted molar refractivity (Wildman–Crippen MR) is 81.9 cm³/mol. The van der Waals surface area contributed by atoms with Crippen molar-refractivity contribution >= 4 is 23.0 Å². The van der Waals surface area contributed by atoms with Gasteiger partial charge < -0.3 is 14.7 Å². The number of carbonyl (C=O) groups is 1. The van der Waals surface area contributed by atoms with E-state index < -0.39 is 4.92 Å². The smallest absolute Gasteiger partial charge is 0.271 e. The van der Waals surface area contributed by atoms with E-state index in [0.717, 1.165) is 31.9 Å². The fourth-order valence-electron chi connectivity index (χ4n) is 2.38. The first kappa shape index (κ1) is 15.2. The second kappa shape index (κ2) is 6.09. The molecule has 0 unspecified atom stereocenters. The van der Waals surface area contributed by atoms with Gasteiger partial charge in [0, 0.05) is 52.3 Å². The predicted octanol–water partition coefficient (Wildman–Crippen LogP) is 1.33. The number of carbonyl (C=O) groups excluding carboxylic acids is 1. The number of anilines is 2. The van der Waals surface area contributed by atoms with Crippen molar-refractivity contribution in [2.24, 2.45) is 0 Å². The fraction of sp³-hybridized carbons (Fsp3) is 0.500. The van der Waals surface area contributed by atoms with E-state index in [1.807, 2.05) is 0 Å². The minimum Gasteiger partial charge on any atom is -0.367 e. The maximum absolute atomic E-state index is 11.6. The lowest BCUT2D eigenvalue weighted by atomic mass is 10.1. The molecule has 0 atom stereocenters. The molecule has 0 aliphatic carbocycles. The number of piperazine rings is 1. The summed E-state index contributed by atoms with van der Waals surface area (Å²) >= 11 is 0. The van der Waals surface area contributed by atoms with Gasteiger partial charge in [-0.05, 0) is 13.1 Å². The van der Waals surface area contributed by atoms with Crippen LogP contribution in [0, 0.1) is 10.1 Å². The van der Waals surface area contributed by atoms with Gasteiger partial charge in [0.1, 0.15) is 0 Å². The number of hydrogen-bond donors (Lipinski definition) is 0. The van der Waals surface area contributed by atoms with Crippen LogP contribution in [0.4, 0.5) is 17.1 Å². The highest BCUT2D eigenvalue weighted by Gasteiger charge is 2.22. The number of nitro groups is 1. The number of amides is 1. The molecule has 0 aromatic heterocycles. The summed E-state index contributed by atoms with van der Waals surface area (Å²) in [5.41, 5.74) is 1.45. The van der Waals surface area contributed by atoms with Crippen molar-refractivity contribution in [3.63, 3.8) is 0 Å². The van der Waals surface area contributed by atoms with Crippen LogP contribution in [0.3, 0.4) is 0 Å². The third-order valence-electron chi connectivity index (χ3n) is 3.85. The van der Waals surface area contributed by atoms with E-state index in [1.54, 1.807) is 13.1 Å². The highest BCUT2D eigenvalue weighted by molar-refractivity contribution is 5.95. The Morgan fingerprint density at radius 1 is 1.29 bits per heavy atom. The van der Waals surface area contributed by atoms with Crippen LogP contribution in [0.5, 0.6) is 0 Å². The molecule has 0 bridgehead atoms. The summed E-state index contributed by atoms with van der Waals surface area (Å²) in [6.07, 6.45) is 0. The molecule has 0 saturated carbocycles. The molecule has 114 valence electrons. The molecule has 7 heteroatoms. The number of benzene rings is 1. The largest absolute Gasteiger partial charge is 0.367 e. The Kier molecular flexibility index (Phi) is 4.42. The Hall–Kier alpha value is -2.15. The number of nitrogens with zero attached hydrogens (tertiary/aromatic N) is 4. The number of likely N-dealkylation sites (N-methyl/N-ethyl adjacent to an activating group) is 1. The number of hydrogen-bond acceptors (Lipinski definition) is 5. The van der Waals surface area contributed by atoms with Gasteiger partial charge in [-0.25, -0.2) is 0 Å². The molecule has 1 heterocycles. The molecule has 1 aromatic carbocycles. The van der Waals surface area contributed by atoms with Crippen molar-refractivity contribution in [3.05, 3.63) is 28.3 Å². The van der Waals surface area contributed by atoms with E-state index in [0.29, 0.717) is 5.69 Å². The summed E-state index contributed by atoms with van der Waals surface area (Å²) in [5, 5.41) is 11.0. The van der Waals surface area contributed by atoms with Crippen LogP contribution in [-0.2, 0) is 4.79 Å². The molecule has 21 heavy (non-hydrogen) atoms. The van der Waals surface area contributed by atoms with Crippen molar-refractivity contribution in [1.29, 1.82) is 0 Å². The third-order valence-corrected chi connectivity index (χ3v) is 3.85. The second-order valence-electron chi connectivity index (χ2n) is 5.30. The Morgan fingerprint density at radius 2 is 1.90 bits per heavy atom. The first-order valence-corrected chi connectivity index (χ1v) is 6.86. The van der Waals surface area contributed by atoms with Crippen molar-refractivity contribution in [1.82, 2.24) is 4.90 Å². The van der Waals surface area contributed by atoms with Crippen LogP contribution < -0.4 is 9.80 Å². The maximum atomic E-state index is 11.6. The highest BCUT2D eigenvalue weighted by Crippen LogP contribution is 2.33. The summed E-state index contributed by atoms with van der Waals surface area (Å²) in [6, 6.07) is 4.69. The Labute approximate surface area is 123 Å². The van der Waals surface area contributed by atoms with Gasteiger partial charge in [-0.3, -0.25) is 14.9 Å². The maximum Gasteiger partial charge on any atom is 0.271 e. The standard InChI is InChI=1S/C14H20N4O3/c1-11(19)16(3)14-10-12(18(20)21)4-5-13(14)17-8-6-15(2)7-9-17/h4-5,10H,6-9H2,1-3H3. The Balaban J connectivity index is 2.39. The van der Waals surface area contributed by atoms with Crippen molar-refractivity contribution in [3.8, 4) is 0 Å². The summed E-state index contributed by atoms with van der Waals surface area (Å²) in [4.78, 5) is 28.0. The van der Waals surface area contributed by atoms with E-state index in [1.165, 1.54) is 24.0 Å². The van der Waals surface area contributed by atoms with Gasteiger partial charge in [0.25, 0.3) is 5.69 Å². The van der Waals surface area contributed by atoms with Crippen LogP contribution in [0.15, 0.2) is 18.2 Å². The summed E-state index contributed by atoms with van der Waals surface area (Å²) in [5.74, 6) is -0.147. The van der Waals surface area contributed by atoms with E-state index >= 15 is 0 Å². The Bertz CT molecular complexity index is 553. The van der Waals surface area contributed by atoms with Crippen LogP contribution in [-0.4, -0.2) is 56.0 Å². The van der Waals surface area contributed by atoms with E-state index in [-0.39, 0.29) is 11.6 Å². The van der Waals surface area contributed by atoms with Gasteiger partial charge in [-0.1, -0.05) is 0 Å². The second-order valence-corrected chi connectivity index (χ2v) is 5.30. The van der Waals surface area contributed by atoms with E-state index in [4.69, 9.17) is 0 Å². The molecule has 1 aromatic rings. The first-order valence-electron chi connectivity index (χ1n) is 6.86. The van der Waals surface area contributed by atoms with Gasteiger partial charge in [-0.15, -0.1) is 0 Å². The number of nitro benzene ring substituents is 1. The lowest BCUT2D eigenvalue weighted by molar-refractivity contribution is -0.384. The zero-order valence-corrected chi connectivity index (χ0v) is 12.6. The summed E-state index contributed by atoms with van der Waals surface area (Å²) in [6.45, 7) is 4.99. The average Bonchev–Trinajstić information content (AvgIpc) is 2.46. The van der Waals surface area contributed by atoms with Crippen LogP contribution >= 0.6 is 0 Å². The third kappa shape index (κ3) is 3.30. The molecular weight excluding hydrogens is 272 g/mol. The molecule has 2 rings (SSSR count). The van der Waals surface area contributed by atoms with E-state index in [9.17, 15) is 14.9 Å².